The van der Waals surface area contributed by atoms with Crippen LogP contribution in [0.15, 0.2) is 60.8 Å². The predicted molar refractivity (Wildman–Crippen MR) is 138 cm³/mol. The molecule has 35 heavy (non-hydrogen) atoms. The normalized spacial score (nSPS) is 14.4. The summed E-state index contributed by atoms with van der Waals surface area (Å²) in [4.78, 5) is 22.0. The van der Waals surface area contributed by atoms with Gasteiger partial charge in [-0.05, 0) is 53.9 Å². The molecule has 0 bridgehead atoms. The van der Waals surface area contributed by atoms with Crippen LogP contribution in [-0.4, -0.2) is 63.8 Å². The number of methoxy groups -OCH3 is 1. The van der Waals surface area contributed by atoms with Crippen LogP contribution in [0.2, 0.25) is 5.02 Å². The molecule has 0 unspecified atom stereocenters. The lowest BCUT2D eigenvalue weighted by Crippen LogP contribution is -2.49. The number of hydrogen-bond donors (Lipinski definition) is 0. The number of carbonyl (C=O) groups excluding carboxylic acids is 1. The Bertz CT molecular complexity index is 1340. The summed E-state index contributed by atoms with van der Waals surface area (Å²) in [5.41, 5.74) is 4.88. The molecular weight excluding hydrogens is 462 g/mol. The first-order valence-electron chi connectivity index (χ1n) is 11.7. The smallest absolute Gasteiger partial charge is 0.244 e. The fourth-order valence-corrected chi connectivity index (χ4v) is 4.89. The number of benzene rings is 2. The Kier molecular flexibility index (Phi) is 6.70. The number of pyridine rings is 1. The summed E-state index contributed by atoms with van der Waals surface area (Å²) < 4.78 is 7.02. The molecule has 3 heterocycles. The number of piperazine rings is 1. The SMILES string of the molecule is COc1ccc(-c2ccnc3c2c(C)nn3CC(=O)N2CCN(Cc3cccc(Cl)c3)CC2)cc1. The molecule has 8 heteroatoms. The van der Waals surface area contributed by atoms with Gasteiger partial charge in [0.2, 0.25) is 5.91 Å². The van der Waals surface area contributed by atoms with E-state index in [2.05, 4.69) is 21.0 Å². The van der Waals surface area contributed by atoms with Gasteiger partial charge in [-0.1, -0.05) is 35.9 Å². The van der Waals surface area contributed by atoms with Crippen molar-refractivity contribution in [3.63, 3.8) is 0 Å². The molecule has 1 aliphatic rings. The molecule has 0 spiro atoms. The molecule has 0 aliphatic carbocycles. The van der Waals surface area contributed by atoms with Gasteiger partial charge in [0.05, 0.1) is 12.8 Å². The van der Waals surface area contributed by atoms with Crippen molar-refractivity contribution >= 4 is 28.5 Å². The van der Waals surface area contributed by atoms with E-state index in [1.807, 2.05) is 60.4 Å². The third-order valence-electron chi connectivity index (χ3n) is 6.51. The van der Waals surface area contributed by atoms with Crippen molar-refractivity contribution in [1.29, 1.82) is 0 Å². The van der Waals surface area contributed by atoms with Crippen LogP contribution in [0.25, 0.3) is 22.2 Å². The molecule has 4 aromatic rings. The molecule has 7 nitrogen and oxygen atoms in total. The Morgan fingerprint density at radius 3 is 2.54 bits per heavy atom. The maximum absolute atomic E-state index is 13.1. The summed E-state index contributed by atoms with van der Waals surface area (Å²) >= 11 is 6.11. The van der Waals surface area contributed by atoms with Gasteiger partial charge in [-0.25, -0.2) is 9.67 Å². The summed E-state index contributed by atoms with van der Waals surface area (Å²) in [7, 11) is 1.66. The molecule has 180 valence electrons. The van der Waals surface area contributed by atoms with E-state index in [9.17, 15) is 4.79 Å². The summed E-state index contributed by atoms with van der Waals surface area (Å²) in [6, 6.07) is 17.9. The van der Waals surface area contributed by atoms with Gasteiger partial charge in [-0.15, -0.1) is 0 Å². The van der Waals surface area contributed by atoms with E-state index < -0.39 is 0 Å². The van der Waals surface area contributed by atoms with Crippen LogP contribution in [0.5, 0.6) is 5.75 Å². The first-order valence-corrected chi connectivity index (χ1v) is 12.1. The molecule has 5 rings (SSSR count). The second-order valence-electron chi connectivity index (χ2n) is 8.82. The Labute approximate surface area is 209 Å². The lowest BCUT2D eigenvalue weighted by molar-refractivity contribution is -0.133. The molecule has 2 aromatic carbocycles. The molecule has 1 saturated heterocycles. The monoisotopic (exact) mass is 489 g/mol. The molecule has 2 aromatic heterocycles. The number of rotatable bonds is 6. The number of ether oxygens (including phenoxy) is 1. The molecule has 1 aliphatic heterocycles. The van der Waals surface area contributed by atoms with Gasteiger partial charge in [0.15, 0.2) is 5.65 Å². The first-order chi connectivity index (χ1) is 17.0. The van der Waals surface area contributed by atoms with Crippen LogP contribution in [0, 0.1) is 6.92 Å². The zero-order chi connectivity index (χ0) is 24.4. The zero-order valence-corrected chi connectivity index (χ0v) is 20.7. The van der Waals surface area contributed by atoms with Gasteiger partial charge in [0.1, 0.15) is 12.3 Å². The number of aryl methyl sites for hydroxylation is 1. The Hall–Kier alpha value is -3.42. The Morgan fingerprint density at radius 1 is 1.06 bits per heavy atom. The molecule has 0 saturated carbocycles. The number of fused-ring (bicyclic) bond motifs is 1. The highest BCUT2D eigenvalue weighted by Gasteiger charge is 2.23. The van der Waals surface area contributed by atoms with Crippen molar-refractivity contribution in [2.24, 2.45) is 0 Å². The number of halogens is 1. The maximum Gasteiger partial charge on any atom is 0.244 e. The van der Waals surface area contributed by atoms with Crippen LogP contribution in [0.1, 0.15) is 11.3 Å². The van der Waals surface area contributed by atoms with Crippen molar-refractivity contribution in [2.45, 2.75) is 20.0 Å². The molecule has 1 amide bonds. The van der Waals surface area contributed by atoms with Gasteiger partial charge in [0, 0.05) is 49.3 Å². The molecule has 0 radical (unpaired) electrons. The van der Waals surface area contributed by atoms with Crippen molar-refractivity contribution < 1.29 is 9.53 Å². The topological polar surface area (TPSA) is 63.5 Å². The minimum atomic E-state index is 0.0634. The number of aromatic nitrogens is 3. The fourth-order valence-electron chi connectivity index (χ4n) is 4.68. The third-order valence-corrected chi connectivity index (χ3v) is 6.75. The zero-order valence-electron chi connectivity index (χ0n) is 19.9. The van der Waals surface area contributed by atoms with E-state index in [0.29, 0.717) is 13.1 Å². The summed E-state index contributed by atoms with van der Waals surface area (Å²) in [5, 5.41) is 6.40. The van der Waals surface area contributed by atoms with Crippen molar-refractivity contribution in [3.05, 3.63) is 77.1 Å². The second kappa shape index (κ2) is 10.1. The van der Waals surface area contributed by atoms with E-state index >= 15 is 0 Å². The van der Waals surface area contributed by atoms with Gasteiger partial charge >= 0.3 is 0 Å². The standard InChI is InChI=1S/C27H28ClN5O2/c1-19-26-24(21-6-8-23(35-2)9-7-21)10-11-29-27(26)33(30-19)18-25(34)32-14-12-31(13-15-32)17-20-4-3-5-22(28)16-20/h3-11,16H,12-15,17-18H2,1-2H3. The minimum absolute atomic E-state index is 0.0634. The van der Waals surface area contributed by atoms with Gasteiger partial charge in [-0.3, -0.25) is 9.69 Å². The van der Waals surface area contributed by atoms with E-state index in [4.69, 9.17) is 16.3 Å². The van der Waals surface area contributed by atoms with Gasteiger partial charge in [0.25, 0.3) is 0 Å². The average Bonchev–Trinajstić information content (AvgIpc) is 3.19. The number of hydrogen-bond acceptors (Lipinski definition) is 5. The average molecular weight is 490 g/mol. The number of nitrogens with zero attached hydrogens (tertiary/aromatic N) is 5. The third kappa shape index (κ3) is 5.01. The molecular formula is C27H28ClN5O2. The van der Waals surface area contributed by atoms with Crippen LogP contribution >= 0.6 is 11.6 Å². The quantitative estimate of drug-likeness (QED) is 0.401. The van der Waals surface area contributed by atoms with E-state index in [1.165, 1.54) is 5.56 Å². The summed E-state index contributed by atoms with van der Waals surface area (Å²) in [5.74, 6) is 0.873. The Balaban J connectivity index is 1.28. The van der Waals surface area contributed by atoms with Crippen LogP contribution in [-0.2, 0) is 17.9 Å². The molecule has 1 fully saturated rings. The number of carbonyl (C=O) groups is 1. The highest BCUT2D eigenvalue weighted by Crippen LogP contribution is 2.31. The highest BCUT2D eigenvalue weighted by atomic mass is 35.5. The maximum atomic E-state index is 13.1. The molecule has 0 N–H and O–H groups in total. The lowest BCUT2D eigenvalue weighted by atomic mass is 10.0. The fraction of sp³-hybridized carbons (Fsp3) is 0.296. The van der Waals surface area contributed by atoms with Crippen LogP contribution in [0.4, 0.5) is 0 Å². The van der Waals surface area contributed by atoms with Crippen molar-refractivity contribution in [1.82, 2.24) is 24.6 Å². The van der Waals surface area contributed by atoms with E-state index in [1.54, 1.807) is 18.0 Å². The van der Waals surface area contributed by atoms with Crippen LogP contribution in [0.3, 0.4) is 0 Å². The van der Waals surface area contributed by atoms with E-state index in [0.717, 1.165) is 58.3 Å². The highest BCUT2D eigenvalue weighted by molar-refractivity contribution is 6.30. The minimum Gasteiger partial charge on any atom is -0.497 e. The predicted octanol–water partition coefficient (Wildman–Crippen LogP) is 4.41. The van der Waals surface area contributed by atoms with Crippen molar-refractivity contribution in [3.8, 4) is 16.9 Å². The van der Waals surface area contributed by atoms with Gasteiger partial charge in [-0.2, -0.15) is 5.10 Å². The number of amides is 1. The summed E-state index contributed by atoms with van der Waals surface area (Å²) in [6.45, 7) is 6.03. The Morgan fingerprint density at radius 2 is 1.83 bits per heavy atom. The van der Waals surface area contributed by atoms with Gasteiger partial charge < -0.3 is 9.64 Å². The largest absolute Gasteiger partial charge is 0.497 e. The lowest BCUT2D eigenvalue weighted by Gasteiger charge is -2.34. The first kappa shape index (κ1) is 23.3. The second-order valence-corrected chi connectivity index (χ2v) is 9.25. The molecule has 0 atom stereocenters. The van der Waals surface area contributed by atoms with E-state index in [-0.39, 0.29) is 12.5 Å². The summed E-state index contributed by atoms with van der Waals surface area (Å²) in [6.07, 6.45) is 1.78. The van der Waals surface area contributed by atoms with Crippen LogP contribution < -0.4 is 4.74 Å². The van der Waals surface area contributed by atoms with Crippen molar-refractivity contribution in [2.75, 3.05) is 33.3 Å².